The highest BCUT2D eigenvalue weighted by molar-refractivity contribution is 6.30. The van der Waals surface area contributed by atoms with E-state index >= 15 is 4.79 Å². The van der Waals surface area contributed by atoms with Crippen LogP contribution in [0, 0.1) is 11.8 Å². The molecule has 0 aromatic heterocycles. The average molecular weight is 668 g/mol. The highest BCUT2D eigenvalue weighted by Gasteiger charge is 2.75. The predicted molar refractivity (Wildman–Crippen MR) is 183 cm³/mol. The molecule has 3 aromatic carbocycles. The van der Waals surface area contributed by atoms with Crippen LogP contribution < -0.4 is 14.5 Å². The first-order chi connectivity index (χ1) is 23.2. The van der Waals surface area contributed by atoms with Crippen LogP contribution in [0.25, 0.3) is 0 Å². The quantitative estimate of drug-likeness (QED) is 0.346. The van der Waals surface area contributed by atoms with Gasteiger partial charge in [0.05, 0.1) is 36.7 Å². The molecule has 7 rings (SSSR count). The van der Waals surface area contributed by atoms with Gasteiger partial charge in [0.2, 0.25) is 11.8 Å². The van der Waals surface area contributed by atoms with Crippen LogP contribution in [0.4, 0.5) is 11.4 Å². The summed E-state index contributed by atoms with van der Waals surface area (Å²) in [7, 11) is 0. The van der Waals surface area contributed by atoms with E-state index in [1.807, 2.05) is 92.7 Å². The second-order valence-electron chi connectivity index (χ2n) is 12.9. The molecule has 0 bridgehead atoms. The second-order valence-corrected chi connectivity index (χ2v) is 13.3. The SMILES string of the molecule is CCOc1ccc(N2CC=C[C@]3(C)O[C@]45C=CCN(c6ccc(Cl)cc6)C(=O)C4N([C@@H](CO)Cc4ccccc4)C(=O)[C@@H]5[C@@H]3C2=O)cc1. The molecule has 3 amide bonds. The molecule has 48 heavy (non-hydrogen) atoms. The van der Waals surface area contributed by atoms with Gasteiger partial charge in [0.25, 0.3) is 5.91 Å². The van der Waals surface area contributed by atoms with Gasteiger partial charge < -0.3 is 29.3 Å². The van der Waals surface area contributed by atoms with Crippen LogP contribution in [0.5, 0.6) is 5.75 Å². The van der Waals surface area contributed by atoms with E-state index in [4.69, 9.17) is 21.1 Å². The van der Waals surface area contributed by atoms with Crippen molar-refractivity contribution in [3.05, 3.63) is 114 Å². The molecule has 1 spiro atoms. The summed E-state index contributed by atoms with van der Waals surface area (Å²) in [6.07, 6.45) is 7.72. The third-order valence-electron chi connectivity index (χ3n) is 10.0. The lowest BCUT2D eigenvalue weighted by Crippen LogP contribution is -2.59. The van der Waals surface area contributed by atoms with Crippen molar-refractivity contribution in [2.75, 3.05) is 36.1 Å². The van der Waals surface area contributed by atoms with Crippen LogP contribution in [0.3, 0.4) is 0 Å². The van der Waals surface area contributed by atoms with Gasteiger partial charge in [-0.15, -0.1) is 0 Å². The molecule has 2 fully saturated rings. The second kappa shape index (κ2) is 12.5. The zero-order valence-electron chi connectivity index (χ0n) is 26.9. The van der Waals surface area contributed by atoms with E-state index in [0.29, 0.717) is 35.2 Å². The largest absolute Gasteiger partial charge is 0.494 e. The number of fused-ring (bicyclic) bond motifs is 2. The summed E-state index contributed by atoms with van der Waals surface area (Å²) < 4.78 is 12.6. The van der Waals surface area contributed by atoms with Gasteiger partial charge in [-0.2, -0.15) is 0 Å². The number of aliphatic hydroxyl groups is 1. The molecule has 9 nitrogen and oxygen atoms in total. The van der Waals surface area contributed by atoms with Gasteiger partial charge in [0, 0.05) is 29.5 Å². The fraction of sp³-hybridized carbons (Fsp3) is 0.342. The number of halogens is 1. The zero-order chi connectivity index (χ0) is 33.6. The molecule has 4 aliphatic rings. The molecule has 0 saturated carbocycles. The Bertz CT molecular complexity index is 1760. The van der Waals surface area contributed by atoms with Crippen LogP contribution in [0.15, 0.2) is 103 Å². The Balaban J connectivity index is 1.34. The maximum Gasteiger partial charge on any atom is 0.253 e. The number of carbonyl (C=O) groups is 3. The van der Waals surface area contributed by atoms with Crippen molar-refractivity contribution >= 4 is 40.7 Å². The van der Waals surface area contributed by atoms with Crippen molar-refractivity contribution in [1.29, 1.82) is 0 Å². The van der Waals surface area contributed by atoms with Gasteiger partial charge >= 0.3 is 0 Å². The van der Waals surface area contributed by atoms with E-state index in [2.05, 4.69) is 0 Å². The fourth-order valence-corrected chi connectivity index (χ4v) is 8.09. The Kier molecular flexibility index (Phi) is 8.39. The van der Waals surface area contributed by atoms with Gasteiger partial charge in [-0.05, 0) is 74.4 Å². The molecule has 1 unspecified atom stereocenters. The van der Waals surface area contributed by atoms with Crippen molar-refractivity contribution in [2.45, 2.75) is 43.6 Å². The fourth-order valence-electron chi connectivity index (χ4n) is 7.97. The van der Waals surface area contributed by atoms with Gasteiger partial charge in [-0.3, -0.25) is 14.4 Å². The number of nitrogens with zero attached hydrogens (tertiary/aromatic N) is 3. The highest BCUT2D eigenvalue weighted by Crippen LogP contribution is 2.58. The summed E-state index contributed by atoms with van der Waals surface area (Å²) in [5.74, 6) is -2.30. The lowest BCUT2D eigenvalue weighted by Gasteiger charge is -2.40. The molecule has 2 saturated heterocycles. The Morgan fingerprint density at radius 2 is 1.48 bits per heavy atom. The van der Waals surface area contributed by atoms with Crippen molar-refractivity contribution < 1.29 is 29.0 Å². The minimum atomic E-state index is -1.47. The highest BCUT2D eigenvalue weighted by atomic mass is 35.5. The number of anilines is 2. The van der Waals surface area contributed by atoms with Crippen molar-refractivity contribution in [1.82, 2.24) is 4.90 Å². The number of benzene rings is 3. The van der Waals surface area contributed by atoms with Gasteiger partial charge in [-0.1, -0.05) is 66.2 Å². The lowest BCUT2D eigenvalue weighted by molar-refractivity contribution is -0.147. The van der Waals surface area contributed by atoms with Gasteiger partial charge in [-0.25, -0.2) is 0 Å². The average Bonchev–Trinajstić information content (AvgIpc) is 3.36. The van der Waals surface area contributed by atoms with Gasteiger partial charge in [0.1, 0.15) is 17.4 Å². The maximum atomic E-state index is 15.0. The van der Waals surface area contributed by atoms with Crippen LogP contribution >= 0.6 is 11.6 Å². The number of carbonyl (C=O) groups excluding carboxylic acids is 3. The number of amides is 3. The summed E-state index contributed by atoms with van der Waals surface area (Å²) in [4.78, 5) is 49.4. The molecule has 3 aromatic rings. The summed E-state index contributed by atoms with van der Waals surface area (Å²) in [6, 6.07) is 21.9. The summed E-state index contributed by atoms with van der Waals surface area (Å²) in [5, 5.41) is 11.4. The first kappa shape index (κ1) is 32.1. The Labute approximate surface area is 285 Å². The van der Waals surface area contributed by atoms with E-state index < -0.39 is 41.0 Å². The van der Waals surface area contributed by atoms with E-state index in [-0.39, 0.29) is 31.5 Å². The maximum absolute atomic E-state index is 15.0. The van der Waals surface area contributed by atoms with E-state index in [0.717, 1.165) is 5.56 Å². The number of ether oxygens (including phenoxy) is 2. The molecule has 0 aliphatic carbocycles. The zero-order valence-corrected chi connectivity index (χ0v) is 27.6. The normalized spacial score (nSPS) is 28.5. The first-order valence-electron chi connectivity index (χ1n) is 16.3. The third kappa shape index (κ3) is 5.21. The van der Waals surface area contributed by atoms with E-state index in [1.54, 1.807) is 34.1 Å². The number of hydrogen-bond acceptors (Lipinski definition) is 6. The minimum Gasteiger partial charge on any atom is -0.494 e. The Morgan fingerprint density at radius 1 is 0.854 bits per heavy atom. The van der Waals surface area contributed by atoms with Crippen LogP contribution in [-0.4, -0.2) is 77.3 Å². The first-order valence-corrected chi connectivity index (χ1v) is 16.7. The third-order valence-corrected chi connectivity index (χ3v) is 10.3. The van der Waals surface area contributed by atoms with Crippen molar-refractivity contribution in [2.24, 2.45) is 11.8 Å². The number of aliphatic hydroxyl groups excluding tert-OH is 1. The Morgan fingerprint density at radius 3 is 2.12 bits per heavy atom. The summed E-state index contributed by atoms with van der Waals surface area (Å²) in [5.41, 5.74) is -0.476. The molecule has 10 heteroatoms. The topological polar surface area (TPSA) is 99.6 Å². The molecule has 4 heterocycles. The minimum absolute atomic E-state index is 0.225. The number of likely N-dealkylation sites (tertiary alicyclic amines) is 1. The molecule has 4 aliphatic heterocycles. The smallest absolute Gasteiger partial charge is 0.253 e. The molecule has 6 atom stereocenters. The standard InChI is InChI=1S/C38H38ClN3O6/c1-3-47-30-17-15-28(16-18-30)40-21-7-19-37(2)31(34(40)44)32-35(45)42(29(24-43)23-25-9-5-4-6-10-25)33-36(46)41(22-8-20-38(32,33)48-37)27-13-11-26(39)12-14-27/h4-20,29,31-33,43H,3,21-24H2,1-2H3/t29-,31-,32+,33?,37+,38+/m1/s1. The molecule has 1 N–H and O–H groups in total. The number of hydrogen-bond donors (Lipinski definition) is 1. The predicted octanol–water partition coefficient (Wildman–Crippen LogP) is 4.82. The van der Waals surface area contributed by atoms with Crippen molar-refractivity contribution in [3.63, 3.8) is 0 Å². The van der Waals surface area contributed by atoms with Crippen LogP contribution in [-0.2, 0) is 25.5 Å². The van der Waals surface area contributed by atoms with Crippen LogP contribution in [0.1, 0.15) is 19.4 Å². The summed E-state index contributed by atoms with van der Waals surface area (Å²) >= 11 is 6.18. The van der Waals surface area contributed by atoms with Gasteiger partial charge in [0.15, 0.2) is 0 Å². The molecular formula is C38H38ClN3O6. The Hall–Kier alpha value is -4.44. The van der Waals surface area contributed by atoms with E-state index in [9.17, 15) is 14.7 Å². The summed E-state index contributed by atoms with van der Waals surface area (Å²) in [6.45, 7) is 4.38. The van der Waals surface area contributed by atoms with Crippen LogP contribution in [0.2, 0.25) is 5.02 Å². The van der Waals surface area contributed by atoms with E-state index in [1.165, 1.54) is 4.90 Å². The monoisotopic (exact) mass is 667 g/mol. The molecule has 0 radical (unpaired) electrons. The molecule has 248 valence electrons. The van der Waals surface area contributed by atoms with Crippen molar-refractivity contribution in [3.8, 4) is 5.75 Å². The molecular weight excluding hydrogens is 630 g/mol. The lowest BCUT2D eigenvalue weighted by atomic mass is 9.74. The number of rotatable bonds is 8.